The van der Waals surface area contributed by atoms with Crippen molar-refractivity contribution in [3.05, 3.63) is 112 Å². The molecule has 1 aliphatic carbocycles. The van der Waals surface area contributed by atoms with Crippen LogP contribution in [0.4, 0.5) is 10.1 Å². The number of hydrogen-bond acceptors (Lipinski definition) is 5. The van der Waals surface area contributed by atoms with E-state index >= 15 is 4.39 Å². The van der Waals surface area contributed by atoms with Gasteiger partial charge in [-0.25, -0.2) is 4.39 Å². The second-order valence-corrected chi connectivity index (χ2v) is 9.92. The molecule has 6 nitrogen and oxygen atoms in total. The van der Waals surface area contributed by atoms with Crippen molar-refractivity contribution in [1.82, 2.24) is 5.32 Å². The fraction of sp³-hybridized carbons (Fsp3) is 0.250. The van der Waals surface area contributed by atoms with E-state index in [1.54, 1.807) is 39.3 Å². The van der Waals surface area contributed by atoms with E-state index in [9.17, 15) is 9.59 Å². The summed E-state index contributed by atoms with van der Waals surface area (Å²) in [6, 6.07) is 19.5. The molecule has 0 saturated heterocycles. The Hall–Kier alpha value is -4.39. The Bertz CT molecular complexity index is 1520. The normalized spacial score (nSPS) is 18.8. The zero-order chi connectivity index (χ0) is 27.7. The second kappa shape index (κ2) is 10.8. The summed E-state index contributed by atoms with van der Waals surface area (Å²) in [6.07, 6.45) is 0.762. The third kappa shape index (κ3) is 4.92. The number of carbonyl (C=O) groups is 2. The summed E-state index contributed by atoms with van der Waals surface area (Å²) in [5, 5.41) is 6.33. The topological polar surface area (TPSA) is 76.7 Å². The average Bonchev–Trinajstić information content (AvgIpc) is 2.93. The molecule has 2 N–H and O–H groups in total. The molecule has 5 rings (SSSR count). The van der Waals surface area contributed by atoms with Crippen LogP contribution >= 0.6 is 0 Å². The molecule has 3 aromatic carbocycles. The maximum atomic E-state index is 15.3. The van der Waals surface area contributed by atoms with E-state index < -0.39 is 11.7 Å². The van der Waals surface area contributed by atoms with Crippen molar-refractivity contribution in [1.29, 1.82) is 0 Å². The number of aryl methyl sites for hydroxylation is 1. The first-order valence-corrected chi connectivity index (χ1v) is 12.9. The predicted molar refractivity (Wildman–Crippen MR) is 148 cm³/mol. The maximum absolute atomic E-state index is 15.3. The van der Waals surface area contributed by atoms with Gasteiger partial charge < -0.3 is 20.1 Å². The summed E-state index contributed by atoms with van der Waals surface area (Å²) in [4.78, 5) is 27.6. The van der Waals surface area contributed by atoms with E-state index in [0.29, 0.717) is 51.7 Å². The first kappa shape index (κ1) is 26.2. The van der Waals surface area contributed by atoms with Gasteiger partial charge in [-0.1, -0.05) is 42.5 Å². The van der Waals surface area contributed by atoms with Crippen LogP contribution in [0, 0.1) is 12.7 Å². The zero-order valence-corrected chi connectivity index (χ0v) is 22.4. The molecule has 2 atom stereocenters. The van der Waals surface area contributed by atoms with Crippen LogP contribution in [-0.4, -0.2) is 25.9 Å². The Morgan fingerprint density at radius 1 is 0.949 bits per heavy atom. The molecule has 200 valence electrons. The number of Topliss-reactive ketones (excluding diaryl/α,β-unsaturated/α-hetero) is 1. The van der Waals surface area contributed by atoms with Gasteiger partial charge in [0.05, 0.1) is 14.2 Å². The number of para-hydroxylation sites is 1. The van der Waals surface area contributed by atoms with Gasteiger partial charge in [-0.3, -0.25) is 9.59 Å². The van der Waals surface area contributed by atoms with Gasteiger partial charge in [0.1, 0.15) is 5.82 Å². The van der Waals surface area contributed by atoms with Crippen molar-refractivity contribution in [2.24, 2.45) is 0 Å². The number of carbonyl (C=O) groups excluding carboxylic acids is 2. The molecule has 7 heteroatoms. The molecule has 1 amide bonds. The van der Waals surface area contributed by atoms with Gasteiger partial charge >= 0.3 is 0 Å². The Morgan fingerprint density at radius 2 is 1.67 bits per heavy atom. The monoisotopic (exact) mass is 526 g/mol. The highest BCUT2D eigenvalue weighted by atomic mass is 19.1. The van der Waals surface area contributed by atoms with Gasteiger partial charge in [-0.05, 0) is 61.6 Å². The van der Waals surface area contributed by atoms with Crippen LogP contribution in [0.3, 0.4) is 0 Å². The third-order valence-corrected chi connectivity index (χ3v) is 7.56. The molecular formula is C32H31FN2O4. The Morgan fingerprint density at radius 3 is 2.38 bits per heavy atom. The standard InChI is InChI=1S/C32H31FN2O4/c1-18-9-5-8-12-24(18)35-32(37)29-19(2)34-25-15-21(20-13-14-27(38-3)28(17-20)39-4)16-26(36)31(25)30(29)22-10-6-7-11-23(22)33/h5-14,17,21,30,34H,15-16H2,1-4H3,(H,35,37)/t21-,30+/m1/s1. The number of methoxy groups -OCH3 is 2. The van der Waals surface area contributed by atoms with E-state index in [1.807, 2.05) is 49.4 Å². The highest BCUT2D eigenvalue weighted by molar-refractivity contribution is 6.10. The summed E-state index contributed by atoms with van der Waals surface area (Å²) in [5.41, 5.74) is 4.90. The highest BCUT2D eigenvalue weighted by Gasteiger charge is 2.42. The predicted octanol–water partition coefficient (Wildman–Crippen LogP) is 6.15. The number of anilines is 1. The first-order valence-electron chi connectivity index (χ1n) is 12.9. The molecule has 0 radical (unpaired) electrons. The lowest BCUT2D eigenvalue weighted by Gasteiger charge is -2.37. The lowest BCUT2D eigenvalue weighted by Crippen LogP contribution is -2.37. The molecule has 3 aromatic rings. The fourth-order valence-corrected chi connectivity index (χ4v) is 5.61. The van der Waals surface area contributed by atoms with Crippen molar-refractivity contribution >= 4 is 17.4 Å². The number of halogens is 1. The van der Waals surface area contributed by atoms with Crippen molar-refractivity contribution in [2.45, 2.75) is 38.5 Å². The largest absolute Gasteiger partial charge is 0.493 e. The number of benzene rings is 3. The molecule has 2 aliphatic rings. The molecule has 1 aliphatic heterocycles. The number of dihydropyridines is 1. The number of nitrogens with one attached hydrogen (secondary N) is 2. The lowest BCUT2D eigenvalue weighted by atomic mass is 9.71. The van der Waals surface area contributed by atoms with Crippen LogP contribution in [0.2, 0.25) is 0 Å². The summed E-state index contributed by atoms with van der Waals surface area (Å²) >= 11 is 0. The molecule has 0 spiro atoms. The van der Waals surface area contributed by atoms with Gasteiger partial charge in [-0.15, -0.1) is 0 Å². The van der Waals surface area contributed by atoms with Crippen molar-refractivity contribution in [2.75, 3.05) is 19.5 Å². The van der Waals surface area contributed by atoms with Crippen molar-refractivity contribution in [3.63, 3.8) is 0 Å². The Balaban J connectivity index is 1.56. The van der Waals surface area contributed by atoms with E-state index in [1.165, 1.54) is 6.07 Å². The highest BCUT2D eigenvalue weighted by Crippen LogP contribution is 2.47. The van der Waals surface area contributed by atoms with Gasteiger partial charge in [-0.2, -0.15) is 0 Å². The summed E-state index contributed by atoms with van der Waals surface area (Å²) in [7, 11) is 3.16. The van der Waals surface area contributed by atoms with Crippen LogP contribution in [0.5, 0.6) is 11.5 Å². The minimum absolute atomic E-state index is 0.111. The number of ketones is 1. The first-order chi connectivity index (χ1) is 18.8. The zero-order valence-electron chi connectivity index (χ0n) is 22.4. The minimum Gasteiger partial charge on any atom is -0.493 e. The molecule has 0 saturated carbocycles. The lowest BCUT2D eigenvalue weighted by molar-refractivity contribution is -0.116. The van der Waals surface area contributed by atoms with Crippen molar-refractivity contribution < 1.29 is 23.5 Å². The van der Waals surface area contributed by atoms with Gasteiger partial charge in [0.25, 0.3) is 5.91 Å². The number of ether oxygens (including phenoxy) is 2. The third-order valence-electron chi connectivity index (χ3n) is 7.56. The summed E-state index contributed by atoms with van der Waals surface area (Å²) in [6.45, 7) is 3.71. The minimum atomic E-state index is -0.828. The number of hydrogen-bond donors (Lipinski definition) is 2. The maximum Gasteiger partial charge on any atom is 0.254 e. The molecule has 0 unspecified atom stereocenters. The van der Waals surface area contributed by atoms with Gasteiger partial charge in [0.2, 0.25) is 0 Å². The van der Waals surface area contributed by atoms with E-state index in [4.69, 9.17) is 9.47 Å². The average molecular weight is 527 g/mol. The Labute approximate surface area is 227 Å². The smallest absolute Gasteiger partial charge is 0.254 e. The van der Waals surface area contributed by atoms with Gasteiger partial charge in [0, 0.05) is 46.1 Å². The quantitative estimate of drug-likeness (QED) is 0.403. The van der Waals surface area contributed by atoms with Crippen LogP contribution in [-0.2, 0) is 9.59 Å². The number of amides is 1. The number of allylic oxidation sites excluding steroid dienone is 3. The molecule has 0 bridgehead atoms. The van der Waals surface area contributed by atoms with E-state index in [2.05, 4.69) is 10.6 Å². The molecule has 0 fully saturated rings. The molecule has 1 heterocycles. The van der Waals surface area contributed by atoms with Crippen LogP contribution < -0.4 is 20.1 Å². The van der Waals surface area contributed by atoms with Gasteiger partial charge in [0.15, 0.2) is 17.3 Å². The molecular weight excluding hydrogens is 495 g/mol. The van der Waals surface area contributed by atoms with Crippen LogP contribution in [0.15, 0.2) is 89.3 Å². The molecule has 39 heavy (non-hydrogen) atoms. The van der Waals surface area contributed by atoms with Crippen molar-refractivity contribution in [3.8, 4) is 11.5 Å². The second-order valence-electron chi connectivity index (χ2n) is 9.92. The Kier molecular flexibility index (Phi) is 7.24. The number of rotatable bonds is 6. The van der Waals surface area contributed by atoms with Crippen LogP contribution in [0.25, 0.3) is 0 Å². The molecule has 0 aromatic heterocycles. The summed E-state index contributed by atoms with van der Waals surface area (Å²) < 4.78 is 26.1. The van der Waals surface area contributed by atoms with Crippen LogP contribution in [0.1, 0.15) is 48.3 Å². The van der Waals surface area contributed by atoms with E-state index in [-0.39, 0.29) is 24.0 Å². The van der Waals surface area contributed by atoms with E-state index in [0.717, 1.165) is 11.1 Å². The summed E-state index contributed by atoms with van der Waals surface area (Å²) in [5.74, 6) is -0.684. The fourth-order valence-electron chi connectivity index (χ4n) is 5.61. The SMILES string of the molecule is COc1ccc([C@H]2CC(=O)C3=C(C2)NC(C)=C(C(=O)Nc2ccccc2C)[C@@H]3c2ccccc2F)cc1OC.